The second kappa shape index (κ2) is 7.64. The second-order valence-electron chi connectivity index (χ2n) is 9.51. The summed E-state index contributed by atoms with van der Waals surface area (Å²) in [5.74, 6) is -1.11. The number of oxime groups is 1. The molecule has 2 atom stereocenters. The molecule has 0 radical (unpaired) electrons. The molecule has 2 saturated carbocycles. The van der Waals surface area contributed by atoms with Crippen molar-refractivity contribution in [1.29, 1.82) is 0 Å². The van der Waals surface area contributed by atoms with E-state index in [4.69, 9.17) is 4.84 Å². The van der Waals surface area contributed by atoms with E-state index < -0.39 is 43.4 Å². The topological polar surface area (TPSA) is 154 Å². The first-order chi connectivity index (χ1) is 14.7. The zero-order valence-corrected chi connectivity index (χ0v) is 18.6. The Morgan fingerprint density at radius 3 is 2.12 bits per heavy atom. The van der Waals surface area contributed by atoms with Crippen molar-refractivity contribution >= 4 is 29.0 Å². The Morgan fingerprint density at radius 1 is 1.06 bits per heavy atom. The maximum Gasteiger partial charge on any atom is 0.366 e. The van der Waals surface area contributed by atoms with Gasteiger partial charge in [-0.2, -0.15) is 0 Å². The van der Waals surface area contributed by atoms with Gasteiger partial charge in [0.15, 0.2) is 0 Å². The van der Waals surface area contributed by atoms with Crippen molar-refractivity contribution in [2.75, 3.05) is 0 Å². The molecule has 0 heterocycles. The minimum atomic E-state index is -1.05. The molecule has 1 aromatic rings. The Bertz CT molecular complexity index is 1020. The molecule has 1 amide bonds. The van der Waals surface area contributed by atoms with Crippen molar-refractivity contribution in [2.45, 2.75) is 59.9 Å². The maximum absolute atomic E-state index is 13.1. The number of amides is 1. The number of hydrogen-bond donors (Lipinski definition) is 1. The van der Waals surface area contributed by atoms with E-state index >= 15 is 0 Å². The van der Waals surface area contributed by atoms with Crippen LogP contribution in [-0.2, 0) is 9.63 Å². The van der Waals surface area contributed by atoms with Gasteiger partial charge >= 0.3 is 5.97 Å². The summed E-state index contributed by atoms with van der Waals surface area (Å²) in [6.07, 6.45) is 1.68. The predicted molar refractivity (Wildman–Crippen MR) is 114 cm³/mol. The summed E-state index contributed by atoms with van der Waals surface area (Å²) in [5, 5.41) is 29.2. The number of rotatable bonds is 6. The molecule has 1 aromatic carbocycles. The summed E-state index contributed by atoms with van der Waals surface area (Å²) in [5.41, 5.74) is -2.63. The molecular weight excluding hydrogens is 420 g/mol. The van der Waals surface area contributed by atoms with Gasteiger partial charge in [-0.15, -0.1) is 0 Å². The lowest BCUT2D eigenvalue weighted by Crippen LogP contribution is -2.48. The minimum Gasteiger partial charge on any atom is -0.353 e. The van der Waals surface area contributed by atoms with E-state index in [2.05, 4.69) is 10.5 Å². The van der Waals surface area contributed by atoms with E-state index in [1.165, 1.54) is 0 Å². The van der Waals surface area contributed by atoms with E-state index in [9.17, 15) is 29.8 Å². The molecule has 2 aliphatic rings. The van der Waals surface area contributed by atoms with Crippen LogP contribution in [0.15, 0.2) is 23.4 Å². The Hall–Kier alpha value is -3.37. The van der Waals surface area contributed by atoms with Crippen LogP contribution in [0.4, 0.5) is 11.4 Å². The van der Waals surface area contributed by atoms with Crippen molar-refractivity contribution in [2.24, 2.45) is 21.4 Å². The molecule has 2 bridgehead atoms. The third-order valence-corrected chi connectivity index (χ3v) is 7.39. The molecule has 11 heteroatoms. The third kappa shape index (κ3) is 3.41. The summed E-state index contributed by atoms with van der Waals surface area (Å²) in [4.78, 5) is 51.2. The molecule has 0 aromatic heterocycles. The Labute approximate surface area is 184 Å². The first kappa shape index (κ1) is 23.3. The fraction of sp³-hybridized carbons (Fsp3) is 0.571. The first-order valence-electron chi connectivity index (χ1n) is 10.3. The Kier molecular flexibility index (Phi) is 5.56. The van der Waals surface area contributed by atoms with Crippen LogP contribution in [0.5, 0.6) is 0 Å². The van der Waals surface area contributed by atoms with E-state index in [0.717, 1.165) is 18.2 Å². The van der Waals surface area contributed by atoms with Gasteiger partial charge in [-0.1, -0.05) is 25.9 Å². The van der Waals surface area contributed by atoms with Gasteiger partial charge in [0.1, 0.15) is 0 Å². The highest BCUT2D eigenvalue weighted by Crippen LogP contribution is 2.71. The minimum absolute atomic E-state index is 0.0250. The number of carbonyl (C=O) groups excluding carboxylic acids is 2. The number of nitrogens with zero attached hydrogens (tertiary/aromatic N) is 3. The average molecular weight is 446 g/mol. The molecule has 172 valence electrons. The summed E-state index contributed by atoms with van der Waals surface area (Å²) in [6, 6.07) is 2.54. The molecule has 0 spiro atoms. The highest BCUT2D eigenvalue weighted by atomic mass is 16.7. The van der Waals surface area contributed by atoms with Crippen LogP contribution in [0.25, 0.3) is 0 Å². The third-order valence-electron chi connectivity index (χ3n) is 7.39. The highest BCUT2D eigenvalue weighted by molar-refractivity contribution is 6.03. The molecule has 2 aliphatic carbocycles. The highest BCUT2D eigenvalue weighted by Gasteiger charge is 2.71. The zero-order valence-electron chi connectivity index (χ0n) is 18.6. The van der Waals surface area contributed by atoms with Gasteiger partial charge in [0, 0.05) is 30.0 Å². The van der Waals surface area contributed by atoms with Crippen molar-refractivity contribution < 1.29 is 24.3 Å². The lowest BCUT2D eigenvalue weighted by molar-refractivity contribution is -0.394. The van der Waals surface area contributed by atoms with Gasteiger partial charge < -0.3 is 10.2 Å². The van der Waals surface area contributed by atoms with Crippen molar-refractivity contribution in [3.05, 3.63) is 44.0 Å². The molecule has 2 fully saturated rings. The number of benzene rings is 1. The van der Waals surface area contributed by atoms with Crippen molar-refractivity contribution in [1.82, 2.24) is 5.32 Å². The molecule has 0 aliphatic heterocycles. The first-order valence-corrected chi connectivity index (χ1v) is 10.3. The number of non-ortho nitro benzene ring substituents is 2. The molecule has 2 unspecified atom stereocenters. The number of nitro benzene ring substituents is 2. The van der Waals surface area contributed by atoms with Crippen LogP contribution in [0, 0.1) is 36.5 Å². The lowest BCUT2D eigenvalue weighted by atomic mass is 9.64. The van der Waals surface area contributed by atoms with Crippen molar-refractivity contribution in [3.63, 3.8) is 0 Å². The van der Waals surface area contributed by atoms with Gasteiger partial charge in [0.05, 0.1) is 32.6 Å². The van der Waals surface area contributed by atoms with Crippen LogP contribution in [0.1, 0.15) is 64.2 Å². The number of hydrogen-bond acceptors (Lipinski definition) is 8. The SMILES string of the molecule is CC(C)NC(=O)C12CCC(C)(/C(=N\OC(=O)c3cc([N+](=O)[O-])cc([N+](=O)[O-])c3)C1)C2(C)C. The largest absolute Gasteiger partial charge is 0.366 e. The van der Waals surface area contributed by atoms with Gasteiger partial charge in [-0.05, 0) is 32.1 Å². The molecule has 3 rings (SSSR count). The summed E-state index contributed by atoms with van der Waals surface area (Å²) >= 11 is 0. The predicted octanol–water partition coefficient (Wildman–Crippen LogP) is 3.76. The Morgan fingerprint density at radius 2 is 1.62 bits per heavy atom. The molecule has 1 N–H and O–H groups in total. The standard InChI is InChI=1S/C21H26N4O7/c1-12(2)22-18(27)21-7-6-20(5,19(21,3)4)16(11-21)23-32-17(26)13-8-14(24(28)29)10-15(9-13)25(30)31/h8-10,12H,6-7,11H2,1-5H3,(H,22,27)/b23-16-. The van der Waals surface area contributed by atoms with Gasteiger partial charge in [0.2, 0.25) is 5.91 Å². The lowest BCUT2D eigenvalue weighted by Gasteiger charge is -2.39. The number of carbonyl (C=O) groups is 2. The van der Waals surface area contributed by atoms with Crippen LogP contribution < -0.4 is 5.32 Å². The summed E-state index contributed by atoms with van der Waals surface area (Å²) in [7, 11) is 0. The number of fused-ring (bicyclic) bond motifs is 2. The number of nitro groups is 2. The monoisotopic (exact) mass is 446 g/mol. The maximum atomic E-state index is 13.1. The number of nitrogens with one attached hydrogen (secondary N) is 1. The average Bonchev–Trinajstić information content (AvgIpc) is 3.01. The van der Waals surface area contributed by atoms with Gasteiger partial charge in [-0.3, -0.25) is 25.0 Å². The zero-order chi connectivity index (χ0) is 24.1. The molecule has 32 heavy (non-hydrogen) atoms. The smallest absolute Gasteiger partial charge is 0.353 e. The molecular formula is C21H26N4O7. The van der Waals surface area contributed by atoms with Crippen molar-refractivity contribution in [3.8, 4) is 0 Å². The van der Waals surface area contributed by atoms with Crippen LogP contribution >= 0.6 is 0 Å². The van der Waals surface area contributed by atoms with Gasteiger partial charge in [0.25, 0.3) is 11.4 Å². The fourth-order valence-electron chi connectivity index (χ4n) is 5.00. The Balaban J connectivity index is 1.91. The van der Waals surface area contributed by atoms with Crippen LogP contribution in [0.3, 0.4) is 0 Å². The van der Waals surface area contributed by atoms with E-state index in [1.807, 2.05) is 34.6 Å². The second-order valence-corrected chi connectivity index (χ2v) is 9.51. The van der Waals surface area contributed by atoms with Crippen LogP contribution in [-0.4, -0.2) is 33.5 Å². The summed E-state index contributed by atoms with van der Waals surface area (Å²) in [6.45, 7) is 9.77. The normalized spacial score (nSPS) is 26.9. The van der Waals surface area contributed by atoms with E-state index in [1.54, 1.807) is 0 Å². The summed E-state index contributed by atoms with van der Waals surface area (Å²) < 4.78 is 0. The molecule has 0 saturated heterocycles. The van der Waals surface area contributed by atoms with E-state index in [0.29, 0.717) is 25.0 Å². The van der Waals surface area contributed by atoms with E-state index in [-0.39, 0.29) is 17.5 Å². The molecule has 11 nitrogen and oxygen atoms in total. The quantitative estimate of drug-likeness (QED) is 0.396. The fourth-order valence-corrected chi connectivity index (χ4v) is 5.00. The van der Waals surface area contributed by atoms with Gasteiger partial charge in [-0.25, -0.2) is 4.79 Å². The van der Waals surface area contributed by atoms with Crippen LogP contribution in [0.2, 0.25) is 0 Å².